The smallest absolute Gasteiger partial charge is 0.286 e. The summed E-state index contributed by atoms with van der Waals surface area (Å²) in [7, 11) is 0. The van der Waals surface area contributed by atoms with E-state index in [-0.39, 0.29) is 12.5 Å². The Bertz CT molecular complexity index is 882. The number of nitrogens with zero attached hydrogens (tertiary/aromatic N) is 3. The van der Waals surface area contributed by atoms with Gasteiger partial charge in [0, 0.05) is 5.02 Å². The summed E-state index contributed by atoms with van der Waals surface area (Å²) in [5.41, 5.74) is 3.12. The van der Waals surface area contributed by atoms with Gasteiger partial charge in [-0.05, 0) is 49.2 Å². The molecule has 0 aliphatic heterocycles. The third kappa shape index (κ3) is 3.16. The Morgan fingerprint density at radius 2 is 2.00 bits per heavy atom. The zero-order chi connectivity index (χ0) is 16.6. The van der Waals surface area contributed by atoms with Crippen molar-refractivity contribution >= 4 is 40.1 Å². The van der Waals surface area contributed by atoms with Crippen molar-refractivity contribution in [3.05, 3.63) is 51.5 Å². The molecule has 1 aromatic heterocycles. The topological polar surface area (TPSA) is 57.0 Å². The highest BCUT2D eigenvalue weighted by atomic mass is 35.5. The average Bonchev–Trinajstić information content (AvgIpc) is 2.88. The van der Waals surface area contributed by atoms with E-state index in [9.17, 15) is 4.79 Å². The van der Waals surface area contributed by atoms with Gasteiger partial charge in [0.2, 0.25) is 0 Å². The molecule has 0 saturated carbocycles. The third-order valence-corrected chi connectivity index (χ3v) is 3.87. The number of aryl methyl sites for hydroxylation is 2. The molecule has 118 valence electrons. The molecule has 0 fully saturated rings. The van der Waals surface area contributed by atoms with E-state index >= 15 is 0 Å². The molecule has 2 aromatic carbocycles. The fourth-order valence-electron chi connectivity index (χ4n) is 2.28. The first-order valence-electron chi connectivity index (χ1n) is 6.89. The maximum absolute atomic E-state index is 12.3. The fourth-order valence-corrected chi connectivity index (χ4v) is 2.93. The molecule has 0 spiro atoms. The van der Waals surface area contributed by atoms with Crippen LogP contribution in [0.2, 0.25) is 10.0 Å². The minimum absolute atomic E-state index is 0.200. The summed E-state index contributed by atoms with van der Waals surface area (Å²) in [5.74, 6) is 0.103. The first-order chi connectivity index (χ1) is 11.0. The molecule has 0 bridgehead atoms. The van der Waals surface area contributed by atoms with E-state index in [2.05, 4.69) is 10.3 Å². The van der Waals surface area contributed by atoms with Gasteiger partial charge in [0.25, 0.3) is 5.91 Å². The Balaban J connectivity index is 1.82. The minimum Gasteiger partial charge on any atom is -0.482 e. The second kappa shape index (κ2) is 6.18. The molecule has 0 aliphatic rings. The van der Waals surface area contributed by atoms with Crippen molar-refractivity contribution in [2.75, 3.05) is 6.61 Å². The number of hydrogen-bond acceptors (Lipinski definition) is 4. The Labute approximate surface area is 142 Å². The van der Waals surface area contributed by atoms with Gasteiger partial charge < -0.3 is 4.74 Å². The molecule has 3 rings (SSSR count). The molecule has 0 aliphatic carbocycles. The molecule has 7 heteroatoms. The average molecular weight is 350 g/mol. The fraction of sp³-hybridized carbons (Fsp3) is 0.188. The van der Waals surface area contributed by atoms with E-state index in [1.54, 1.807) is 12.1 Å². The standard InChI is InChI=1S/C16H13Cl2N3O2/c1-9-3-4-14-13(5-9)19-20-21(14)15(22)8-23-16-10(2)6-11(17)7-12(16)18/h3-7H,8H2,1-2H3. The van der Waals surface area contributed by atoms with E-state index in [4.69, 9.17) is 27.9 Å². The van der Waals surface area contributed by atoms with Gasteiger partial charge in [0.05, 0.1) is 10.5 Å². The van der Waals surface area contributed by atoms with Crippen LogP contribution in [0.1, 0.15) is 15.9 Å². The lowest BCUT2D eigenvalue weighted by Gasteiger charge is -2.10. The molecule has 0 N–H and O–H groups in total. The summed E-state index contributed by atoms with van der Waals surface area (Å²) in [6.45, 7) is 3.56. The molecular weight excluding hydrogens is 337 g/mol. The quantitative estimate of drug-likeness (QED) is 0.714. The Kier molecular flexibility index (Phi) is 4.24. The zero-order valence-electron chi connectivity index (χ0n) is 12.5. The van der Waals surface area contributed by atoms with Crippen LogP contribution in [0.25, 0.3) is 11.0 Å². The van der Waals surface area contributed by atoms with Crippen molar-refractivity contribution in [3.8, 4) is 5.75 Å². The number of rotatable bonds is 3. The van der Waals surface area contributed by atoms with Crippen molar-refractivity contribution in [2.24, 2.45) is 0 Å². The highest BCUT2D eigenvalue weighted by Crippen LogP contribution is 2.31. The summed E-state index contributed by atoms with van der Waals surface area (Å²) in [5, 5.41) is 8.77. The molecule has 0 radical (unpaired) electrons. The molecule has 23 heavy (non-hydrogen) atoms. The normalized spacial score (nSPS) is 11.0. The van der Waals surface area contributed by atoms with Crippen molar-refractivity contribution in [1.82, 2.24) is 15.0 Å². The van der Waals surface area contributed by atoms with E-state index in [1.165, 1.54) is 4.68 Å². The van der Waals surface area contributed by atoms with E-state index in [1.807, 2.05) is 32.0 Å². The SMILES string of the molecule is Cc1ccc2c(c1)nnn2C(=O)COc1c(C)cc(Cl)cc1Cl. The lowest BCUT2D eigenvalue weighted by Crippen LogP contribution is -2.20. The first kappa shape index (κ1) is 15.8. The molecule has 0 saturated heterocycles. The predicted molar refractivity (Wildman–Crippen MR) is 89.6 cm³/mol. The van der Waals surface area contributed by atoms with Crippen LogP contribution in [-0.2, 0) is 0 Å². The number of benzene rings is 2. The molecule has 1 heterocycles. The van der Waals surface area contributed by atoms with Gasteiger partial charge in [0.1, 0.15) is 11.3 Å². The minimum atomic E-state index is -0.332. The van der Waals surface area contributed by atoms with Crippen LogP contribution in [0.5, 0.6) is 5.75 Å². The van der Waals surface area contributed by atoms with Crippen LogP contribution < -0.4 is 4.74 Å². The molecule has 0 unspecified atom stereocenters. The molecule has 0 amide bonds. The van der Waals surface area contributed by atoms with Crippen molar-refractivity contribution < 1.29 is 9.53 Å². The van der Waals surface area contributed by atoms with Crippen LogP contribution in [0, 0.1) is 13.8 Å². The Morgan fingerprint density at radius 3 is 2.74 bits per heavy atom. The number of fused-ring (bicyclic) bond motifs is 1. The maximum Gasteiger partial charge on any atom is 0.286 e. The number of carbonyl (C=O) groups excluding carboxylic acids is 1. The Morgan fingerprint density at radius 1 is 1.22 bits per heavy atom. The highest BCUT2D eigenvalue weighted by molar-refractivity contribution is 6.35. The summed E-state index contributed by atoms with van der Waals surface area (Å²) in [4.78, 5) is 12.3. The number of ether oxygens (including phenoxy) is 1. The number of halogens is 2. The summed E-state index contributed by atoms with van der Waals surface area (Å²) in [6, 6.07) is 8.87. The van der Waals surface area contributed by atoms with Crippen molar-refractivity contribution in [2.45, 2.75) is 13.8 Å². The van der Waals surface area contributed by atoms with Crippen LogP contribution in [0.4, 0.5) is 0 Å². The molecular formula is C16H13Cl2N3O2. The molecule has 3 aromatic rings. The van der Waals surface area contributed by atoms with Gasteiger partial charge >= 0.3 is 0 Å². The van der Waals surface area contributed by atoms with Crippen LogP contribution in [-0.4, -0.2) is 27.5 Å². The lowest BCUT2D eigenvalue weighted by atomic mass is 10.2. The van der Waals surface area contributed by atoms with E-state index in [0.29, 0.717) is 26.8 Å². The van der Waals surface area contributed by atoms with Crippen molar-refractivity contribution in [1.29, 1.82) is 0 Å². The van der Waals surface area contributed by atoms with Crippen molar-refractivity contribution in [3.63, 3.8) is 0 Å². The van der Waals surface area contributed by atoms with Crippen LogP contribution in [0.3, 0.4) is 0 Å². The van der Waals surface area contributed by atoms with E-state index in [0.717, 1.165) is 11.1 Å². The summed E-state index contributed by atoms with van der Waals surface area (Å²) in [6.07, 6.45) is 0. The van der Waals surface area contributed by atoms with Crippen LogP contribution in [0.15, 0.2) is 30.3 Å². The Hall–Kier alpha value is -2.11. The van der Waals surface area contributed by atoms with Gasteiger partial charge in [-0.25, -0.2) is 0 Å². The number of carbonyl (C=O) groups is 1. The van der Waals surface area contributed by atoms with Gasteiger partial charge in [-0.15, -0.1) is 5.10 Å². The lowest BCUT2D eigenvalue weighted by molar-refractivity contribution is 0.0824. The first-order valence-corrected chi connectivity index (χ1v) is 7.65. The maximum atomic E-state index is 12.3. The highest BCUT2D eigenvalue weighted by Gasteiger charge is 2.15. The third-order valence-electron chi connectivity index (χ3n) is 3.37. The summed E-state index contributed by atoms with van der Waals surface area (Å²) >= 11 is 12.0. The van der Waals surface area contributed by atoms with Gasteiger partial charge in [-0.2, -0.15) is 4.68 Å². The largest absolute Gasteiger partial charge is 0.482 e. The zero-order valence-corrected chi connectivity index (χ0v) is 14.0. The monoisotopic (exact) mass is 349 g/mol. The predicted octanol–water partition coefficient (Wildman–Crippen LogP) is 4.07. The number of aromatic nitrogens is 3. The van der Waals surface area contributed by atoms with Crippen LogP contribution >= 0.6 is 23.2 Å². The van der Waals surface area contributed by atoms with E-state index < -0.39 is 0 Å². The second-order valence-corrected chi connectivity index (χ2v) is 6.05. The second-order valence-electron chi connectivity index (χ2n) is 5.21. The summed E-state index contributed by atoms with van der Waals surface area (Å²) < 4.78 is 6.78. The van der Waals surface area contributed by atoms with Gasteiger partial charge in [-0.3, -0.25) is 4.79 Å². The van der Waals surface area contributed by atoms with Gasteiger partial charge in [-0.1, -0.05) is 34.5 Å². The number of hydrogen-bond donors (Lipinski definition) is 0. The van der Waals surface area contributed by atoms with Gasteiger partial charge in [0.15, 0.2) is 6.61 Å². The molecule has 5 nitrogen and oxygen atoms in total. The molecule has 0 atom stereocenters.